The van der Waals surface area contributed by atoms with Gasteiger partial charge in [0.05, 0.1) is 18.8 Å². The second-order valence-corrected chi connectivity index (χ2v) is 4.60. The fourth-order valence-corrected chi connectivity index (χ4v) is 2.63. The molecule has 1 saturated carbocycles. The van der Waals surface area contributed by atoms with Gasteiger partial charge < -0.3 is 14.8 Å². The van der Waals surface area contributed by atoms with E-state index in [1.165, 1.54) is 32.1 Å². The number of likely N-dealkylation sites (N-methyl/N-ethyl adjacent to an activating group) is 1. The fourth-order valence-electron chi connectivity index (χ4n) is 2.63. The van der Waals surface area contributed by atoms with Crippen LogP contribution < -0.4 is 5.32 Å². The SMILES string of the molecule is CCNC1CCCC1OCC1CCCO1. The van der Waals surface area contributed by atoms with Crippen molar-refractivity contribution in [2.75, 3.05) is 19.8 Å². The second-order valence-electron chi connectivity index (χ2n) is 4.60. The Hall–Kier alpha value is -0.120. The van der Waals surface area contributed by atoms with Gasteiger partial charge in [0.25, 0.3) is 0 Å². The summed E-state index contributed by atoms with van der Waals surface area (Å²) in [6, 6.07) is 0.580. The Balaban J connectivity index is 1.68. The van der Waals surface area contributed by atoms with Crippen LogP contribution in [0.3, 0.4) is 0 Å². The predicted molar refractivity (Wildman–Crippen MR) is 60.0 cm³/mol. The van der Waals surface area contributed by atoms with Gasteiger partial charge in [0.2, 0.25) is 0 Å². The van der Waals surface area contributed by atoms with Gasteiger partial charge in [0.1, 0.15) is 0 Å². The Morgan fingerprint density at radius 1 is 1.27 bits per heavy atom. The van der Waals surface area contributed by atoms with Gasteiger partial charge in [-0.3, -0.25) is 0 Å². The summed E-state index contributed by atoms with van der Waals surface area (Å²) in [5.41, 5.74) is 0. The van der Waals surface area contributed by atoms with Gasteiger partial charge in [-0.05, 0) is 38.6 Å². The van der Waals surface area contributed by atoms with Crippen LogP contribution >= 0.6 is 0 Å². The first kappa shape index (κ1) is 11.4. The standard InChI is InChI=1S/C12H23NO2/c1-2-13-11-6-3-7-12(11)15-9-10-5-4-8-14-10/h10-13H,2-9H2,1H3. The van der Waals surface area contributed by atoms with Crippen LogP contribution in [0.4, 0.5) is 0 Å². The largest absolute Gasteiger partial charge is 0.376 e. The molecule has 1 aliphatic carbocycles. The molecule has 0 aromatic carbocycles. The zero-order valence-electron chi connectivity index (χ0n) is 9.71. The molecule has 0 spiro atoms. The average Bonchev–Trinajstić information content (AvgIpc) is 2.85. The van der Waals surface area contributed by atoms with Crippen LogP contribution in [0.15, 0.2) is 0 Å². The molecule has 1 aliphatic heterocycles. The number of ether oxygens (including phenoxy) is 2. The maximum absolute atomic E-state index is 5.96. The van der Waals surface area contributed by atoms with Crippen LogP contribution in [0.25, 0.3) is 0 Å². The zero-order valence-corrected chi connectivity index (χ0v) is 9.71. The third-order valence-electron chi connectivity index (χ3n) is 3.44. The van der Waals surface area contributed by atoms with E-state index in [1.807, 2.05) is 0 Å². The van der Waals surface area contributed by atoms with Crippen LogP contribution in [0.5, 0.6) is 0 Å². The summed E-state index contributed by atoms with van der Waals surface area (Å²) >= 11 is 0. The highest BCUT2D eigenvalue weighted by Crippen LogP contribution is 2.23. The first-order valence-corrected chi connectivity index (χ1v) is 6.36. The van der Waals surface area contributed by atoms with E-state index in [0.717, 1.165) is 19.8 Å². The maximum atomic E-state index is 5.96. The smallest absolute Gasteiger partial charge is 0.0809 e. The van der Waals surface area contributed by atoms with E-state index in [2.05, 4.69) is 12.2 Å². The van der Waals surface area contributed by atoms with Gasteiger partial charge >= 0.3 is 0 Å². The van der Waals surface area contributed by atoms with Crippen LogP contribution in [-0.2, 0) is 9.47 Å². The maximum Gasteiger partial charge on any atom is 0.0809 e. The molecule has 1 saturated heterocycles. The normalized spacial score (nSPS) is 36.2. The van der Waals surface area contributed by atoms with Gasteiger partial charge in [-0.1, -0.05) is 6.92 Å². The number of nitrogens with one attached hydrogen (secondary N) is 1. The third kappa shape index (κ3) is 3.16. The summed E-state index contributed by atoms with van der Waals surface area (Å²) in [6.07, 6.45) is 6.96. The number of hydrogen-bond acceptors (Lipinski definition) is 3. The lowest BCUT2D eigenvalue weighted by molar-refractivity contribution is -0.0262. The molecule has 3 unspecified atom stereocenters. The second kappa shape index (κ2) is 5.83. The minimum Gasteiger partial charge on any atom is -0.376 e. The van der Waals surface area contributed by atoms with E-state index in [0.29, 0.717) is 18.2 Å². The number of hydrogen-bond donors (Lipinski definition) is 1. The third-order valence-corrected chi connectivity index (χ3v) is 3.44. The van der Waals surface area contributed by atoms with Gasteiger partial charge in [-0.15, -0.1) is 0 Å². The van der Waals surface area contributed by atoms with Gasteiger partial charge in [0.15, 0.2) is 0 Å². The Kier molecular flexibility index (Phi) is 4.42. The summed E-state index contributed by atoms with van der Waals surface area (Å²) in [5.74, 6) is 0. The number of rotatable bonds is 5. The highest BCUT2D eigenvalue weighted by atomic mass is 16.5. The van der Waals surface area contributed by atoms with Gasteiger partial charge in [0, 0.05) is 12.6 Å². The van der Waals surface area contributed by atoms with Crippen molar-refractivity contribution in [2.45, 2.75) is 57.3 Å². The lowest BCUT2D eigenvalue weighted by atomic mass is 10.2. The molecule has 3 atom stereocenters. The topological polar surface area (TPSA) is 30.5 Å². The zero-order chi connectivity index (χ0) is 10.5. The minimum absolute atomic E-state index is 0.368. The molecule has 3 nitrogen and oxygen atoms in total. The molecule has 0 bridgehead atoms. The van der Waals surface area contributed by atoms with Crippen LogP contribution in [0, 0.1) is 0 Å². The fraction of sp³-hybridized carbons (Fsp3) is 1.00. The first-order valence-electron chi connectivity index (χ1n) is 6.36. The summed E-state index contributed by atoms with van der Waals surface area (Å²) in [4.78, 5) is 0. The molecule has 88 valence electrons. The highest BCUT2D eigenvalue weighted by Gasteiger charge is 2.28. The van der Waals surface area contributed by atoms with E-state index in [4.69, 9.17) is 9.47 Å². The Morgan fingerprint density at radius 3 is 2.93 bits per heavy atom. The van der Waals surface area contributed by atoms with Gasteiger partial charge in [-0.25, -0.2) is 0 Å². The molecule has 2 rings (SSSR count). The van der Waals surface area contributed by atoms with Crippen molar-refractivity contribution in [1.29, 1.82) is 0 Å². The molecular formula is C12H23NO2. The molecule has 15 heavy (non-hydrogen) atoms. The summed E-state index contributed by atoms with van der Waals surface area (Å²) in [5, 5.41) is 3.50. The molecule has 3 heteroatoms. The minimum atomic E-state index is 0.368. The van der Waals surface area contributed by atoms with E-state index >= 15 is 0 Å². The van der Waals surface area contributed by atoms with Crippen molar-refractivity contribution >= 4 is 0 Å². The van der Waals surface area contributed by atoms with E-state index < -0.39 is 0 Å². The lowest BCUT2D eigenvalue weighted by Crippen LogP contribution is -2.38. The predicted octanol–water partition coefficient (Wildman–Crippen LogP) is 1.71. The Morgan fingerprint density at radius 2 is 2.20 bits per heavy atom. The van der Waals surface area contributed by atoms with Crippen molar-refractivity contribution in [3.63, 3.8) is 0 Å². The van der Waals surface area contributed by atoms with Gasteiger partial charge in [-0.2, -0.15) is 0 Å². The van der Waals surface area contributed by atoms with Crippen LogP contribution in [0.1, 0.15) is 39.0 Å². The summed E-state index contributed by atoms with van der Waals surface area (Å²) in [7, 11) is 0. The highest BCUT2D eigenvalue weighted by molar-refractivity contribution is 4.84. The molecule has 0 amide bonds. The van der Waals surface area contributed by atoms with Crippen molar-refractivity contribution in [1.82, 2.24) is 5.32 Å². The van der Waals surface area contributed by atoms with Crippen molar-refractivity contribution in [3.05, 3.63) is 0 Å². The van der Waals surface area contributed by atoms with E-state index in [1.54, 1.807) is 0 Å². The Bertz CT molecular complexity index is 180. The molecular weight excluding hydrogens is 190 g/mol. The Labute approximate surface area is 92.5 Å². The molecule has 1 heterocycles. The van der Waals surface area contributed by atoms with E-state index in [9.17, 15) is 0 Å². The molecule has 2 fully saturated rings. The quantitative estimate of drug-likeness (QED) is 0.754. The molecule has 1 N–H and O–H groups in total. The van der Waals surface area contributed by atoms with E-state index in [-0.39, 0.29) is 0 Å². The molecule has 0 aromatic rings. The monoisotopic (exact) mass is 213 g/mol. The summed E-state index contributed by atoms with van der Waals surface area (Å²) in [6.45, 7) is 4.93. The van der Waals surface area contributed by atoms with Crippen molar-refractivity contribution in [2.24, 2.45) is 0 Å². The molecule has 2 aliphatic rings. The summed E-state index contributed by atoms with van der Waals surface area (Å²) < 4.78 is 11.5. The first-order chi connectivity index (χ1) is 7.40. The van der Waals surface area contributed by atoms with Crippen molar-refractivity contribution < 1.29 is 9.47 Å². The van der Waals surface area contributed by atoms with Crippen molar-refractivity contribution in [3.8, 4) is 0 Å². The van der Waals surface area contributed by atoms with Crippen LogP contribution in [0.2, 0.25) is 0 Å². The average molecular weight is 213 g/mol. The molecule has 0 radical (unpaired) electrons. The molecule has 0 aromatic heterocycles. The van der Waals surface area contributed by atoms with Crippen LogP contribution in [-0.4, -0.2) is 38.0 Å². The lowest BCUT2D eigenvalue weighted by Gasteiger charge is -2.22.